The van der Waals surface area contributed by atoms with Crippen molar-refractivity contribution in [1.82, 2.24) is 9.55 Å². The molecule has 0 radical (unpaired) electrons. The number of anilines is 1. The zero-order valence-electron chi connectivity index (χ0n) is 16.5. The third kappa shape index (κ3) is 3.65. The van der Waals surface area contributed by atoms with E-state index in [0.29, 0.717) is 17.8 Å². The van der Waals surface area contributed by atoms with Crippen molar-refractivity contribution in [2.24, 2.45) is 18.4 Å². The molecule has 1 unspecified atom stereocenters. The van der Waals surface area contributed by atoms with E-state index < -0.39 is 0 Å². The van der Waals surface area contributed by atoms with Gasteiger partial charge in [0.15, 0.2) is 5.13 Å². The number of hydrogen-bond donors (Lipinski definition) is 1. The molecule has 0 saturated heterocycles. The fourth-order valence-corrected chi connectivity index (χ4v) is 5.17. The van der Waals surface area contributed by atoms with E-state index in [0.717, 1.165) is 34.4 Å². The van der Waals surface area contributed by atoms with Crippen LogP contribution in [-0.4, -0.2) is 15.5 Å². The van der Waals surface area contributed by atoms with Crippen molar-refractivity contribution in [2.75, 3.05) is 5.32 Å². The summed E-state index contributed by atoms with van der Waals surface area (Å²) < 4.78 is 2.08. The van der Waals surface area contributed by atoms with Gasteiger partial charge >= 0.3 is 0 Å². The number of para-hydroxylation sites is 1. The van der Waals surface area contributed by atoms with Gasteiger partial charge in [0.25, 0.3) is 0 Å². The van der Waals surface area contributed by atoms with Crippen molar-refractivity contribution in [3.05, 3.63) is 46.6 Å². The Morgan fingerprint density at radius 3 is 2.89 bits per heavy atom. The first-order chi connectivity index (χ1) is 12.8. The highest BCUT2D eigenvalue weighted by atomic mass is 32.1. The minimum Gasteiger partial charge on any atom is -0.350 e. The van der Waals surface area contributed by atoms with Gasteiger partial charge in [-0.1, -0.05) is 39.0 Å². The van der Waals surface area contributed by atoms with Crippen LogP contribution in [0.1, 0.15) is 43.3 Å². The Hall–Kier alpha value is -2.14. The summed E-state index contributed by atoms with van der Waals surface area (Å²) >= 11 is 1.65. The predicted octanol–water partition coefficient (Wildman–Crippen LogP) is 4.97. The highest BCUT2D eigenvalue weighted by molar-refractivity contribution is 7.15. The molecule has 0 saturated carbocycles. The number of thiazole rings is 1. The van der Waals surface area contributed by atoms with Crippen LogP contribution in [0, 0.1) is 11.3 Å². The molecule has 2 heterocycles. The number of amides is 1. The first-order valence-corrected chi connectivity index (χ1v) is 10.4. The van der Waals surface area contributed by atoms with E-state index in [1.165, 1.54) is 17.0 Å². The Morgan fingerprint density at radius 2 is 2.11 bits per heavy atom. The lowest BCUT2D eigenvalue weighted by molar-refractivity contribution is -0.115. The van der Waals surface area contributed by atoms with Gasteiger partial charge in [0.1, 0.15) is 0 Å². The molecule has 0 bridgehead atoms. The molecule has 0 spiro atoms. The van der Waals surface area contributed by atoms with E-state index in [2.05, 4.69) is 42.8 Å². The molecule has 142 valence electrons. The zero-order valence-corrected chi connectivity index (χ0v) is 17.3. The second kappa shape index (κ2) is 6.79. The molecule has 1 aliphatic rings. The van der Waals surface area contributed by atoms with Crippen LogP contribution < -0.4 is 5.32 Å². The highest BCUT2D eigenvalue weighted by Gasteiger charge is 2.30. The molecule has 3 aromatic rings. The van der Waals surface area contributed by atoms with E-state index in [4.69, 9.17) is 4.98 Å². The number of hydrogen-bond acceptors (Lipinski definition) is 3. The molecule has 1 N–H and O–H groups in total. The highest BCUT2D eigenvalue weighted by Crippen LogP contribution is 2.40. The largest absolute Gasteiger partial charge is 0.350 e. The van der Waals surface area contributed by atoms with Crippen molar-refractivity contribution >= 4 is 33.3 Å². The maximum atomic E-state index is 12.6. The Bertz CT molecular complexity index is 993. The average Bonchev–Trinajstić information content (AvgIpc) is 3.14. The maximum Gasteiger partial charge on any atom is 0.230 e. The molecule has 0 aliphatic heterocycles. The number of carbonyl (C=O) groups is 1. The quantitative estimate of drug-likeness (QED) is 0.696. The van der Waals surface area contributed by atoms with Gasteiger partial charge in [0.05, 0.1) is 12.1 Å². The van der Waals surface area contributed by atoms with Gasteiger partial charge in [0.2, 0.25) is 5.91 Å². The third-order valence-electron chi connectivity index (χ3n) is 5.74. The average molecular weight is 382 g/mol. The number of nitrogens with zero attached hydrogens (tertiary/aromatic N) is 2. The summed E-state index contributed by atoms with van der Waals surface area (Å²) in [7, 11) is 2.02. The number of fused-ring (bicyclic) bond motifs is 2. The second-order valence-corrected chi connectivity index (χ2v) is 9.79. The van der Waals surface area contributed by atoms with Crippen LogP contribution in [0.3, 0.4) is 0 Å². The molecule has 1 aliphatic carbocycles. The number of nitrogens with one attached hydrogen (secondary N) is 1. The summed E-state index contributed by atoms with van der Waals surface area (Å²) in [6.45, 7) is 6.95. The van der Waals surface area contributed by atoms with Crippen LogP contribution in [0.4, 0.5) is 5.13 Å². The molecule has 0 fully saturated rings. The van der Waals surface area contributed by atoms with Crippen LogP contribution in [0.5, 0.6) is 0 Å². The predicted molar refractivity (Wildman–Crippen MR) is 112 cm³/mol. The lowest BCUT2D eigenvalue weighted by Crippen LogP contribution is -2.26. The van der Waals surface area contributed by atoms with E-state index in [9.17, 15) is 4.79 Å². The van der Waals surface area contributed by atoms with Crippen molar-refractivity contribution in [3.8, 4) is 0 Å². The molecule has 4 rings (SSSR count). The third-order valence-corrected chi connectivity index (χ3v) is 6.78. The molecule has 1 aromatic carbocycles. The molecule has 1 atom stereocenters. The number of carbonyl (C=O) groups excluding carboxylic acids is 1. The van der Waals surface area contributed by atoms with Gasteiger partial charge in [-0.05, 0) is 42.2 Å². The first kappa shape index (κ1) is 18.2. The smallest absolute Gasteiger partial charge is 0.230 e. The van der Waals surface area contributed by atoms with Crippen LogP contribution in [0.15, 0.2) is 30.5 Å². The standard InChI is InChI=1S/C22H27N3OS/c1-22(2,3)15-9-10-17-19(12-15)27-21(23-17)24-20(26)11-14-13-25(4)18-8-6-5-7-16(14)18/h5-8,13,15H,9-12H2,1-4H3,(H,23,24,26). The van der Waals surface area contributed by atoms with Gasteiger partial charge in [-0.25, -0.2) is 4.98 Å². The lowest BCUT2D eigenvalue weighted by atomic mass is 9.73. The van der Waals surface area contributed by atoms with Crippen LogP contribution in [0.2, 0.25) is 0 Å². The summed E-state index contributed by atoms with van der Waals surface area (Å²) in [4.78, 5) is 18.7. The van der Waals surface area contributed by atoms with Crippen molar-refractivity contribution in [3.63, 3.8) is 0 Å². The first-order valence-electron chi connectivity index (χ1n) is 9.62. The fourth-order valence-electron chi connectivity index (χ4n) is 4.07. The number of aromatic nitrogens is 2. The molecule has 27 heavy (non-hydrogen) atoms. The Kier molecular flexibility index (Phi) is 4.58. The summed E-state index contributed by atoms with van der Waals surface area (Å²) in [5.41, 5.74) is 3.71. The van der Waals surface area contributed by atoms with E-state index in [1.54, 1.807) is 11.3 Å². The zero-order chi connectivity index (χ0) is 19.2. The van der Waals surface area contributed by atoms with Crippen LogP contribution in [0.25, 0.3) is 10.9 Å². The van der Waals surface area contributed by atoms with Gasteiger partial charge in [0, 0.05) is 29.0 Å². The molecule has 5 heteroatoms. The van der Waals surface area contributed by atoms with Crippen LogP contribution >= 0.6 is 11.3 Å². The molecular formula is C22H27N3OS. The fraction of sp³-hybridized carbons (Fsp3) is 0.455. The topological polar surface area (TPSA) is 46.9 Å². The maximum absolute atomic E-state index is 12.6. The van der Waals surface area contributed by atoms with Crippen molar-refractivity contribution in [2.45, 2.75) is 46.5 Å². The summed E-state index contributed by atoms with van der Waals surface area (Å²) in [5, 5.41) is 4.92. The lowest BCUT2D eigenvalue weighted by Gasteiger charge is -2.33. The van der Waals surface area contributed by atoms with Crippen LogP contribution in [-0.2, 0) is 31.1 Å². The van der Waals surface area contributed by atoms with Gasteiger partial charge in [-0.15, -0.1) is 11.3 Å². The molecule has 2 aromatic heterocycles. The summed E-state index contributed by atoms with van der Waals surface area (Å²) in [5.74, 6) is 0.689. The van der Waals surface area contributed by atoms with Gasteiger partial charge in [-0.3, -0.25) is 4.79 Å². The Balaban J connectivity index is 1.47. The molecular weight excluding hydrogens is 354 g/mol. The SMILES string of the molecule is Cn1cc(CC(=O)Nc2nc3c(s2)CC(C(C)(C)C)CC3)c2ccccc21. The molecule has 4 nitrogen and oxygen atoms in total. The second-order valence-electron chi connectivity index (χ2n) is 8.70. The van der Waals surface area contributed by atoms with E-state index >= 15 is 0 Å². The number of aryl methyl sites for hydroxylation is 2. The monoisotopic (exact) mass is 381 g/mol. The summed E-state index contributed by atoms with van der Waals surface area (Å²) in [6.07, 6.45) is 5.70. The Labute approximate surface area is 164 Å². The Morgan fingerprint density at radius 1 is 1.33 bits per heavy atom. The minimum atomic E-state index is 0.00446. The summed E-state index contributed by atoms with van der Waals surface area (Å²) in [6, 6.07) is 8.20. The normalized spacial score (nSPS) is 17.1. The number of benzene rings is 1. The van der Waals surface area contributed by atoms with Gasteiger partial charge in [-0.2, -0.15) is 0 Å². The van der Waals surface area contributed by atoms with E-state index in [1.807, 2.05) is 25.4 Å². The molecule has 1 amide bonds. The van der Waals surface area contributed by atoms with Crippen molar-refractivity contribution in [1.29, 1.82) is 0 Å². The van der Waals surface area contributed by atoms with Crippen molar-refractivity contribution < 1.29 is 4.79 Å². The van der Waals surface area contributed by atoms with Gasteiger partial charge < -0.3 is 9.88 Å². The van der Waals surface area contributed by atoms with E-state index in [-0.39, 0.29) is 5.91 Å². The minimum absolute atomic E-state index is 0.00446. The number of rotatable bonds is 3.